The van der Waals surface area contributed by atoms with Crippen LogP contribution in [0.25, 0.3) is 10.6 Å². The van der Waals surface area contributed by atoms with Gasteiger partial charge in [-0.05, 0) is 37.8 Å². The predicted octanol–water partition coefficient (Wildman–Crippen LogP) is 5.27. The van der Waals surface area contributed by atoms with Crippen LogP contribution >= 0.6 is 11.3 Å². The first-order valence-electron chi connectivity index (χ1n) is 10.0. The van der Waals surface area contributed by atoms with Crippen molar-refractivity contribution in [2.24, 2.45) is 5.92 Å². The maximum Gasteiger partial charge on any atom is 0.225 e. The number of rotatable bonds is 7. The quantitative estimate of drug-likeness (QED) is 0.648. The summed E-state index contributed by atoms with van der Waals surface area (Å²) >= 11 is 1.45. The van der Waals surface area contributed by atoms with Crippen LogP contribution in [0.15, 0.2) is 24.3 Å². The third-order valence-corrected chi connectivity index (χ3v) is 6.37. The zero-order valence-electron chi connectivity index (χ0n) is 16.2. The normalized spacial score (nSPS) is 17.5. The number of hydrogen-bond acceptors (Lipinski definition) is 4. The maximum absolute atomic E-state index is 14.0. The average Bonchev–Trinajstić information content (AvgIpc) is 3.18. The van der Waals surface area contributed by atoms with Crippen LogP contribution in [0.4, 0.5) is 4.39 Å². The molecule has 0 saturated carbocycles. The molecule has 27 heavy (non-hydrogen) atoms. The predicted molar refractivity (Wildman–Crippen MR) is 107 cm³/mol. The molecule has 1 fully saturated rings. The molecule has 3 rings (SSSR count). The molecule has 0 bridgehead atoms. The van der Waals surface area contributed by atoms with Gasteiger partial charge in [-0.15, -0.1) is 10.2 Å². The summed E-state index contributed by atoms with van der Waals surface area (Å²) in [5.74, 6) is 0.358. The van der Waals surface area contributed by atoms with Crippen molar-refractivity contribution in [2.75, 3.05) is 13.1 Å². The minimum absolute atomic E-state index is 0.141. The smallest absolute Gasteiger partial charge is 0.225 e. The zero-order chi connectivity index (χ0) is 19.2. The second-order valence-corrected chi connectivity index (χ2v) is 8.33. The van der Waals surface area contributed by atoms with Crippen LogP contribution in [-0.4, -0.2) is 34.1 Å². The number of halogens is 1. The molecule has 6 heteroatoms. The topological polar surface area (TPSA) is 46.1 Å². The van der Waals surface area contributed by atoms with Crippen LogP contribution in [0.3, 0.4) is 0 Å². The van der Waals surface area contributed by atoms with Crippen molar-refractivity contribution in [1.82, 2.24) is 15.1 Å². The number of carbonyl (C=O) groups is 1. The number of piperidine rings is 1. The molecular weight excluding hydrogens is 361 g/mol. The molecule has 4 nitrogen and oxygen atoms in total. The van der Waals surface area contributed by atoms with E-state index in [0.717, 1.165) is 50.1 Å². The molecule has 1 aliphatic heterocycles. The lowest BCUT2D eigenvalue weighted by molar-refractivity contribution is -0.137. The Balaban J connectivity index is 1.71. The number of benzene rings is 1. The van der Waals surface area contributed by atoms with Crippen molar-refractivity contribution in [1.29, 1.82) is 0 Å². The van der Waals surface area contributed by atoms with E-state index in [1.807, 2.05) is 11.0 Å². The van der Waals surface area contributed by atoms with Crippen molar-refractivity contribution < 1.29 is 9.18 Å². The summed E-state index contributed by atoms with van der Waals surface area (Å²) in [4.78, 5) is 15.0. The molecule has 1 atom stereocenters. The van der Waals surface area contributed by atoms with E-state index in [1.165, 1.54) is 17.4 Å². The van der Waals surface area contributed by atoms with Gasteiger partial charge in [0.05, 0.1) is 0 Å². The molecule has 0 N–H and O–H groups in total. The Kier molecular flexibility index (Phi) is 6.94. The van der Waals surface area contributed by atoms with Crippen LogP contribution in [0.2, 0.25) is 0 Å². The highest BCUT2D eigenvalue weighted by molar-refractivity contribution is 7.14. The summed E-state index contributed by atoms with van der Waals surface area (Å²) in [5, 5.41) is 10.1. The lowest BCUT2D eigenvalue weighted by Gasteiger charge is -2.34. The largest absolute Gasteiger partial charge is 0.342 e. The molecular formula is C21H28FN3OS. The number of likely N-dealkylation sites (tertiary alicyclic amines) is 1. The Bertz CT molecular complexity index is 757. The Labute approximate surface area is 164 Å². The van der Waals surface area contributed by atoms with Crippen LogP contribution in [0.1, 0.15) is 63.3 Å². The third kappa shape index (κ3) is 4.72. The molecule has 0 aliphatic carbocycles. The molecule has 1 unspecified atom stereocenters. The molecule has 1 saturated heterocycles. The highest BCUT2D eigenvalue weighted by Crippen LogP contribution is 2.34. The first-order valence-corrected chi connectivity index (χ1v) is 10.8. The van der Waals surface area contributed by atoms with Crippen molar-refractivity contribution in [3.8, 4) is 10.6 Å². The maximum atomic E-state index is 14.0. The van der Waals surface area contributed by atoms with Gasteiger partial charge in [0, 0.05) is 30.5 Å². The number of carbonyl (C=O) groups excluding carboxylic acids is 1. The highest BCUT2D eigenvalue weighted by atomic mass is 32.1. The Morgan fingerprint density at radius 2 is 2.00 bits per heavy atom. The second kappa shape index (κ2) is 9.40. The van der Waals surface area contributed by atoms with Gasteiger partial charge >= 0.3 is 0 Å². The fourth-order valence-corrected chi connectivity index (χ4v) is 4.86. The van der Waals surface area contributed by atoms with Crippen LogP contribution in [0.5, 0.6) is 0 Å². The van der Waals surface area contributed by atoms with E-state index < -0.39 is 0 Å². The molecule has 146 valence electrons. The molecule has 1 aromatic heterocycles. The average molecular weight is 390 g/mol. The van der Waals surface area contributed by atoms with Gasteiger partial charge in [0.1, 0.15) is 10.8 Å². The first-order chi connectivity index (χ1) is 13.1. The van der Waals surface area contributed by atoms with E-state index in [1.54, 1.807) is 12.1 Å². The molecule has 2 heterocycles. The number of hydrogen-bond donors (Lipinski definition) is 0. The Morgan fingerprint density at radius 1 is 1.26 bits per heavy atom. The van der Waals surface area contributed by atoms with Crippen LogP contribution in [0, 0.1) is 11.7 Å². The van der Waals surface area contributed by atoms with E-state index in [0.29, 0.717) is 23.0 Å². The molecule has 0 spiro atoms. The van der Waals surface area contributed by atoms with E-state index in [-0.39, 0.29) is 17.7 Å². The Morgan fingerprint density at radius 3 is 2.70 bits per heavy atom. The molecule has 0 radical (unpaired) electrons. The van der Waals surface area contributed by atoms with Crippen molar-refractivity contribution in [3.63, 3.8) is 0 Å². The van der Waals surface area contributed by atoms with Crippen molar-refractivity contribution in [3.05, 3.63) is 35.1 Å². The molecule has 1 aromatic carbocycles. The lowest BCUT2D eigenvalue weighted by Crippen LogP contribution is -2.42. The number of aromatic nitrogens is 2. The fourth-order valence-electron chi connectivity index (χ4n) is 3.87. The monoisotopic (exact) mass is 389 g/mol. The summed E-state index contributed by atoms with van der Waals surface area (Å²) in [6.45, 7) is 5.81. The number of amides is 1. The third-order valence-electron chi connectivity index (χ3n) is 5.25. The minimum atomic E-state index is -0.275. The SMILES string of the molecule is CCCC(CCC)C(=O)N1CCCC(c2nnc(-c3ccccc3F)s2)C1. The van der Waals surface area contributed by atoms with Gasteiger partial charge in [0.2, 0.25) is 5.91 Å². The van der Waals surface area contributed by atoms with Gasteiger partial charge in [-0.3, -0.25) is 4.79 Å². The van der Waals surface area contributed by atoms with Gasteiger partial charge in [-0.2, -0.15) is 0 Å². The summed E-state index contributed by atoms with van der Waals surface area (Å²) in [5.41, 5.74) is 0.496. The van der Waals surface area contributed by atoms with Crippen LogP contribution < -0.4 is 0 Å². The standard InChI is InChI=1S/C21H28FN3OS/c1-3-8-15(9-4-2)21(26)25-13-7-10-16(14-25)19-23-24-20(27-19)17-11-5-6-12-18(17)22/h5-6,11-12,15-16H,3-4,7-10,13-14H2,1-2H3. The minimum Gasteiger partial charge on any atom is -0.342 e. The number of nitrogens with zero attached hydrogens (tertiary/aromatic N) is 3. The summed E-state index contributed by atoms with van der Waals surface area (Å²) < 4.78 is 14.0. The summed E-state index contributed by atoms with van der Waals surface area (Å²) in [6, 6.07) is 6.66. The fraction of sp³-hybridized carbons (Fsp3) is 0.571. The van der Waals surface area contributed by atoms with Crippen LogP contribution in [-0.2, 0) is 4.79 Å². The van der Waals surface area contributed by atoms with E-state index in [2.05, 4.69) is 24.0 Å². The summed E-state index contributed by atoms with van der Waals surface area (Å²) in [6.07, 6.45) is 5.98. The van der Waals surface area contributed by atoms with Gasteiger partial charge in [0.25, 0.3) is 0 Å². The molecule has 2 aromatic rings. The van der Waals surface area contributed by atoms with Gasteiger partial charge in [-0.25, -0.2) is 4.39 Å². The highest BCUT2D eigenvalue weighted by Gasteiger charge is 2.30. The first kappa shape index (κ1) is 19.9. The van der Waals surface area contributed by atoms with E-state index in [9.17, 15) is 9.18 Å². The van der Waals surface area contributed by atoms with E-state index in [4.69, 9.17) is 0 Å². The lowest BCUT2D eigenvalue weighted by atomic mass is 9.93. The van der Waals surface area contributed by atoms with Gasteiger partial charge in [-0.1, -0.05) is 50.2 Å². The summed E-state index contributed by atoms with van der Waals surface area (Å²) in [7, 11) is 0. The zero-order valence-corrected chi connectivity index (χ0v) is 17.0. The van der Waals surface area contributed by atoms with Crippen molar-refractivity contribution in [2.45, 2.75) is 58.3 Å². The van der Waals surface area contributed by atoms with Crippen molar-refractivity contribution >= 4 is 17.2 Å². The van der Waals surface area contributed by atoms with Gasteiger partial charge in [0.15, 0.2) is 5.01 Å². The Hall–Kier alpha value is -1.82. The molecule has 1 amide bonds. The van der Waals surface area contributed by atoms with Gasteiger partial charge < -0.3 is 4.90 Å². The second-order valence-electron chi connectivity index (χ2n) is 7.32. The molecule has 1 aliphatic rings. The van der Waals surface area contributed by atoms with E-state index >= 15 is 0 Å².